The number of amides is 1. The minimum absolute atomic E-state index is 0.0464. The van der Waals surface area contributed by atoms with Gasteiger partial charge in [0, 0.05) is 30.6 Å². The van der Waals surface area contributed by atoms with Crippen LogP contribution in [0.3, 0.4) is 0 Å². The molecule has 0 saturated carbocycles. The first-order valence-corrected chi connectivity index (χ1v) is 11.8. The molecule has 1 fully saturated rings. The van der Waals surface area contributed by atoms with Crippen LogP contribution >= 0.6 is 0 Å². The normalized spacial score (nSPS) is 16.6. The summed E-state index contributed by atoms with van der Waals surface area (Å²) < 4.78 is 13.2. The molecule has 5 rings (SSSR count). The van der Waals surface area contributed by atoms with Crippen molar-refractivity contribution in [2.45, 2.75) is 31.9 Å². The van der Waals surface area contributed by atoms with Gasteiger partial charge in [0.2, 0.25) is 5.91 Å². The lowest BCUT2D eigenvalue weighted by Gasteiger charge is -2.19. The lowest BCUT2D eigenvalue weighted by Crippen LogP contribution is -2.26. The number of aliphatic hydroxyl groups is 1. The zero-order chi connectivity index (χ0) is 24.4. The Hall–Kier alpha value is -3.84. The number of carbonyl (C=O) groups excluding carboxylic acids is 1. The van der Waals surface area contributed by atoms with E-state index in [0.29, 0.717) is 25.3 Å². The molecule has 1 N–H and O–H groups in total. The molecule has 0 bridgehead atoms. The third-order valence-electron chi connectivity index (χ3n) is 6.40. The molecule has 35 heavy (non-hydrogen) atoms. The largest absolute Gasteiger partial charge is 0.497 e. The van der Waals surface area contributed by atoms with Crippen LogP contribution in [0.5, 0.6) is 11.5 Å². The molecule has 2 heterocycles. The third kappa shape index (κ3) is 4.86. The topological polar surface area (TPSA) is 76.8 Å². The van der Waals surface area contributed by atoms with Crippen LogP contribution in [0.4, 0.5) is 5.69 Å². The lowest BCUT2D eigenvalue weighted by atomic mass is 10.1. The van der Waals surface area contributed by atoms with E-state index in [-0.39, 0.29) is 18.4 Å². The van der Waals surface area contributed by atoms with E-state index >= 15 is 0 Å². The van der Waals surface area contributed by atoms with Crippen molar-refractivity contribution < 1.29 is 19.4 Å². The Kier molecular flexibility index (Phi) is 6.42. The average Bonchev–Trinajstić information content (AvgIpc) is 3.44. The number of aryl methyl sites for hydroxylation is 1. The van der Waals surface area contributed by atoms with Crippen molar-refractivity contribution in [1.82, 2.24) is 9.55 Å². The van der Waals surface area contributed by atoms with Gasteiger partial charge < -0.3 is 24.0 Å². The summed E-state index contributed by atoms with van der Waals surface area (Å²) in [6.45, 7) is 3.03. The molecule has 7 nitrogen and oxygen atoms in total. The highest BCUT2D eigenvalue weighted by molar-refractivity contribution is 5.96. The lowest BCUT2D eigenvalue weighted by molar-refractivity contribution is -0.117. The number of hydrogen-bond acceptors (Lipinski definition) is 5. The highest BCUT2D eigenvalue weighted by Crippen LogP contribution is 2.34. The van der Waals surface area contributed by atoms with Crippen molar-refractivity contribution in [2.75, 3.05) is 25.2 Å². The molecule has 0 radical (unpaired) electrons. The van der Waals surface area contributed by atoms with Crippen LogP contribution in [0.25, 0.3) is 11.0 Å². The number of hydrogen-bond donors (Lipinski definition) is 1. The monoisotopic (exact) mass is 471 g/mol. The standard InChI is InChI=1S/C28H29N3O4/c1-19-10-12-23(13-11-19)35-18-22(32)17-31-26-9-4-3-8-25(26)29-28(31)20-14-27(33)30(16-20)21-6-5-7-24(15-21)34-2/h3-13,15,20,22,32H,14,16-18H2,1-2H3. The zero-order valence-electron chi connectivity index (χ0n) is 19.9. The second-order valence-electron chi connectivity index (χ2n) is 8.95. The highest BCUT2D eigenvalue weighted by Gasteiger charge is 2.35. The number of benzene rings is 3. The number of nitrogens with zero attached hydrogens (tertiary/aromatic N) is 3. The van der Waals surface area contributed by atoms with E-state index in [9.17, 15) is 9.90 Å². The van der Waals surface area contributed by atoms with E-state index in [1.807, 2.05) is 84.3 Å². The highest BCUT2D eigenvalue weighted by atomic mass is 16.5. The van der Waals surface area contributed by atoms with Gasteiger partial charge in [-0.3, -0.25) is 4.79 Å². The van der Waals surface area contributed by atoms with Crippen molar-refractivity contribution >= 4 is 22.6 Å². The molecule has 2 unspecified atom stereocenters. The van der Waals surface area contributed by atoms with Crippen LogP contribution in [0.2, 0.25) is 0 Å². The summed E-state index contributed by atoms with van der Waals surface area (Å²) in [4.78, 5) is 19.6. The van der Waals surface area contributed by atoms with Gasteiger partial charge in [-0.2, -0.15) is 0 Å². The number of methoxy groups -OCH3 is 1. The SMILES string of the molecule is COc1cccc(N2CC(c3nc4ccccc4n3CC(O)COc3ccc(C)cc3)CC2=O)c1. The fourth-order valence-corrected chi connectivity index (χ4v) is 4.60. The first-order valence-electron chi connectivity index (χ1n) is 11.8. The van der Waals surface area contributed by atoms with E-state index in [0.717, 1.165) is 33.9 Å². The maximum atomic E-state index is 13.0. The second-order valence-corrected chi connectivity index (χ2v) is 8.95. The predicted molar refractivity (Wildman–Crippen MR) is 135 cm³/mol. The smallest absolute Gasteiger partial charge is 0.227 e. The van der Waals surface area contributed by atoms with Gasteiger partial charge in [0.15, 0.2) is 0 Å². The zero-order valence-corrected chi connectivity index (χ0v) is 19.9. The van der Waals surface area contributed by atoms with E-state index in [1.54, 1.807) is 12.0 Å². The molecule has 7 heteroatoms. The van der Waals surface area contributed by atoms with E-state index in [2.05, 4.69) is 0 Å². The first kappa shape index (κ1) is 22.9. The molecule has 0 spiro atoms. The second kappa shape index (κ2) is 9.80. The Labute approximate surface area is 204 Å². The molecule has 0 aliphatic carbocycles. The predicted octanol–water partition coefficient (Wildman–Crippen LogP) is 4.31. The number of anilines is 1. The Morgan fingerprint density at radius 3 is 2.66 bits per heavy atom. The van der Waals surface area contributed by atoms with E-state index in [4.69, 9.17) is 14.5 Å². The van der Waals surface area contributed by atoms with Crippen LogP contribution in [0.15, 0.2) is 72.8 Å². The van der Waals surface area contributed by atoms with Crippen molar-refractivity contribution in [1.29, 1.82) is 0 Å². The maximum Gasteiger partial charge on any atom is 0.227 e. The van der Waals surface area contributed by atoms with Crippen LogP contribution < -0.4 is 14.4 Å². The molecule has 180 valence electrons. The van der Waals surface area contributed by atoms with Gasteiger partial charge in [0.1, 0.15) is 30.0 Å². The fraction of sp³-hybridized carbons (Fsp3) is 0.286. The molecule has 1 saturated heterocycles. The van der Waals surface area contributed by atoms with Gasteiger partial charge in [-0.15, -0.1) is 0 Å². The summed E-state index contributed by atoms with van der Waals surface area (Å²) in [5.41, 5.74) is 3.75. The van der Waals surface area contributed by atoms with Crippen LogP contribution in [-0.4, -0.2) is 46.9 Å². The summed E-state index contributed by atoms with van der Waals surface area (Å²) >= 11 is 0. The molecule has 2 atom stereocenters. The van der Waals surface area contributed by atoms with Crippen molar-refractivity contribution in [3.63, 3.8) is 0 Å². The molecular formula is C28H29N3O4. The van der Waals surface area contributed by atoms with Gasteiger partial charge in [-0.1, -0.05) is 35.9 Å². The molecule has 1 aliphatic rings. The number of rotatable bonds is 8. The molecule has 1 amide bonds. The number of para-hydroxylation sites is 2. The summed E-state index contributed by atoms with van der Waals surface area (Å²) in [6, 6.07) is 23.2. The fourth-order valence-electron chi connectivity index (χ4n) is 4.60. The molecule has 1 aliphatic heterocycles. The number of imidazole rings is 1. The van der Waals surface area contributed by atoms with Gasteiger partial charge in [-0.25, -0.2) is 4.98 Å². The van der Waals surface area contributed by atoms with Crippen molar-refractivity contribution in [3.05, 3.63) is 84.2 Å². The minimum atomic E-state index is -0.737. The quantitative estimate of drug-likeness (QED) is 0.414. The van der Waals surface area contributed by atoms with E-state index < -0.39 is 6.10 Å². The first-order chi connectivity index (χ1) is 17.0. The molecule has 3 aromatic carbocycles. The van der Waals surface area contributed by atoms with Crippen molar-refractivity contribution in [3.8, 4) is 11.5 Å². The molecule has 4 aromatic rings. The van der Waals surface area contributed by atoms with Crippen LogP contribution in [-0.2, 0) is 11.3 Å². The van der Waals surface area contributed by atoms with Gasteiger partial charge >= 0.3 is 0 Å². The molecular weight excluding hydrogens is 442 g/mol. The average molecular weight is 472 g/mol. The summed E-state index contributed by atoms with van der Waals surface area (Å²) in [6.07, 6.45) is -0.379. The summed E-state index contributed by atoms with van der Waals surface area (Å²) in [5.74, 6) is 2.19. The Balaban J connectivity index is 1.37. The Morgan fingerprint density at radius 2 is 1.86 bits per heavy atom. The number of aliphatic hydroxyl groups excluding tert-OH is 1. The van der Waals surface area contributed by atoms with Crippen LogP contribution in [0, 0.1) is 6.92 Å². The number of carbonyl (C=O) groups is 1. The van der Waals surface area contributed by atoms with E-state index in [1.165, 1.54) is 0 Å². The summed E-state index contributed by atoms with van der Waals surface area (Å²) in [7, 11) is 1.62. The minimum Gasteiger partial charge on any atom is -0.497 e. The Morgan fingerprint density at radius 1 is 1.06 bits per heavy atom. The number of aromatic nitrogens is 2. The summed E-state index contributed by atoms with van der Waals surface area (Å²) in [5, 5.41) is 10.8. The Bertz CT molecular complexity index is 1330. The maximum absolute atomic E-state index is 13.0. The number of fused-ring (bicyclic) bond motifs is 1. The molecule has 1 aromatic heterocycles. The third-order valence-corrected chi connectivity index (χ3v) is 6.40. The van der Waals surface area contributed by atoms with Crippen LogP contribution in [0.1, 0.15) is 23.7 Å². The number of ether oxygens (including phenoxy) is 2. The van der Waals surface area contributed by atoms with Crippen molar-refractivity contribution in [2.24, 2.45) is 0 Å². The van der Waals surface area contributed by atoms with Gasteiger partial charge in [0.05, 0.1) is 24.7 Å². The van der Waals surface area contributed by atoms with Gasteiger partial charge in [-0.05, 0) is 43.3 Å². The van der Waals surface area contributed by atoms with Gasteiger partial charge in [0.25, 0.3) is 0 Å².